The fourth-order valence-electron chi connectivity index (χ4n) is 2.47. The van der Waals surface area contributed by atoms with Crippen molar-refractivity contribution in [3.63, 3.8) is 0 Å². The molecule has 2 heterocycles. The van der Waals surface area contributed by atoms with E-state index in [1.54, 1.807) is 0 Å². The van der Waals surface area contributed by atoms with Crippen LogP contribution in [-0.4, -0.2) is 26.8 Å². The van der Waals surface area contributed by atoms with Gasteiger partial charge in [0.25, 0.3) is 11.1 Å². The molecular formula is C18H14N4O2S. The molecular weight excluding hydrogens is 336 g/mol. The highest BCUT2D eigenvalue weighted by molar-refractivity contribution is 7.99. The quantitative estimate of drug-likeness (QED) is 0.533. The zero-order valence-electron chi connectivity index (χ0n) is 13.1. The Morgan fingerprint density at radius 3 is 2.76 bits per heavy atom. The average Bonchev–Trinajstić information content (AvgIpc) is 3.27. The number of aromatic amines is 1. The van der Waals surface area contributed by atoms with Gasteiger partial charge in [0.2, 0.25) is 5.91 Å². The van der Waals surface area contributed by atoms with E-state index in [4.69, 9.17) is 4.42 Å². The third kappa shape index (κ3) is 3.41. The van der Waals surface area contributed by atoms with Crippen LogP contribution < -0.4 is 5.32 Å². The van der Waals surface area contributed by atoms with Crippen molar-refractivity contribution in [1.82, 2.24) is 15.2 Å². The summed E-state index contributed by atoms with van der Waals surface area (Å²) in [5.74, 6) is 0.510. The zero-order chi connectivity index (χ0) is 17.1. The van der Waals surface area contributed by atoms with Crippen LogP contribution in [0.3, 0.4) is 0 Å². The van der Waals surface area contributed by atoms with Crippen LogP contribution in [0.2, 0.25) is 0 Å². The van der Waals surface area contributed by atoms with Gasteiger partial charge in [-0.2, -0.15) is 0 Å². The predicted molar refractivity (Wildman–Crippen MR) is 97.4 cm³/mol. The third-order valence-electron chi connectivity index (χ3n) is 3.61. The van der Waals surface area contributed by atoms with Crippen molar-refractivity contribution < 1.29 is 9.21 Å². The van der Waals surface area contributed by atoms with Crippen LogP contribution in [0.15, 0.2) is 70.4 Å². The van der Waals surface area contributed by atoms with E-state index in [1.165, 1.54) is 11.8 Å². The molecule has 124 valence electrons. The maximum Gasteiger partial charge on any atom is 0.277 e. The molecule has 0 fully saturated rings. The second kappa shape index (κ2) is 6.82. The van der Waals surface area contributed by atoms with E-state index in [-0.39, 0.29) is 11.7 Å². The molecule has 0 bridgehead atoms. The van der Waals surface area contributed by atoms with Gasteiger partial charge in [-0.3, -0.25) is 4.79 Å². The van der Waals surface area contributed by atoms with Gasteiger partial charge in [-0.1, -0.05) is 48.2 Å². The van der Waals surface area contributed by atoms with Crippen LogP contribution in [0.4, 0.5) is 5.69 Å². The lowest BCUT2D eigenvalue weighted by Crippen LogP contribution is -2.13. The molecule has 0 saturated heterocycles. The van der Waals surface area contributed by atoms with Gasteiger partial charge in [-0.05, 0) is 18.2 Å². The van der Waals surface area contributed by atoms with Gasteiger partial charge in [0.15, 0.2) is 0 Å². The number of anilines is 1. The first-order valence-electron chi connectivity index (χ1n) is 7.67. The van der Waals surface area contributed by atoms with E-state index >= 15 is 0 Å². The normalized spacial score (nSPS) is 10.9. The summed E-state index contributed by atoms with van der Waals surface area (Å²) in [5, 5.41) is 12.3. The van der Waals surface area contributed by atoms with Crippen molar-refractivity contribution in [2.24, 2.45) is 0 Å². The molecule has 1 amide bonds. The van der Waals surface area contributed by atoms with Crippen LogP contribution in [0.25, 0.3) is 22.4 Å². The van der Waals surface area contributed by atoms with Crippen molar-refractivity contribution in [3.8, 4) is 11.5 Å². The van der Waals surface area contributed by atoms with E-state index in [0.29, 0.717) is 11.1 Å². The summed E-state index contributed by atoms with van der Waals surface area (Å²) in [6.07, 6.45) is 1.84. The molecule has 0 aliphatic rings. The van der Waals surface area contributed by atoms with E-state index in [2.05, 4.69) is 20.5 Å². The molecule has 6 nitrogen and oxygen atoms in total. The van der Waals surface area contributed by atoms with Gasteiger partial charge in [0.05, 0.1) is 11.3 Å². The molecule has 0 aliphatic carbocycles. The Labute approximate surface area is 147 Å². The van der Waals surface area contributed by atoms with Crippen LogP contribution in [0.1, 0.15) is 0 Å². The SMILES string of the molecule is O=C(CSc1nnc(-c2c[nH]c3ccccc23)o1)Nc1ccccc1. The fraction of sp³-hybridized carbons (Fsp3) is 0.0556. The molecule has 0 saturated carbocycles. The number of carbonyl (C=O) groups is 1. The highest BCUT2D eigenvalue weighted by Crippen LogP contribution is 2.29. The summed E-state index contributed by atoms with van der Waals surface area (Å²) >= 11 is 1.21. The standard InChI is InChI=1S/C18H14N4O2S/c23-16(20-12-6-2-1-3-7-12)11-25-18-22-21-17(24-18)14-10-19-15-9-5-4-8-13(14)15/h1-10,19H,11H2,(H,20,23). The first-order valence-corrected chi connectivity index (χ1v) is 8.66. The summed E-state index contributed by atoms with van der Waals surface area (Å²) in [5.41, 5.74) is 2.62. The molecule has 4 aromatic rings. The summed E-state index contributed by atoms with van der Waals surface area (Å²) in [4.78, 5) is 15.1. The van der Waals surface area contributed by atoms with Crippen molar-refractivity contribution in [1.29, 1.82) is 0 Å². The Morgan fingerprint density at radius 1 is 1.08 bits per heavy atom. The molecule has 0 unspecified atom stereocenters. The first kappa shape index (κ1) is 15.5. The number of benzene rings is 2. The van der Waals surface area contributed by atoms with Crippen LogP contribution in [0.5, 0.6) is 0 Å². The highest BCUT2D eigenvalue weighted by Gasteiger charge is 2.14. The molecule has 2 aromatic heterocycles. The van der Waals surface area contributed by atoms with Gasteiger partial charge in [0, 0.05) is 22.8 Å². The molecule has 25 heavy (non-hydrogen) atoms. The molecule has 2 N–H and O–H groups in total. The van der Waals surface area contributed by atoms with Crippen LogP contribution in [-0.2, 0) is 4.79 Å². The summed E-state index contributed by atoms with van der Waals surface area (Å²) < 4.78 is 5.68. The fourth-order valence-corrected chi connectivity index (χ4v) is 3.03. The van der Waals surface area contributed by atoms with E-state index < -0.39 is 0 Å². The second-order valence-electron chi connectivity index (χ2n) is 5.32. The van der Waals surface area contributed by atoms with E-state index in [9.17, 15) is 4.79 Å². The first-order chi connectivity index (χ1) is 12.3. The predicted octanol–water partition coefficient (Wildman–Crippen LogP) is 3.95. The molecule has 0 atom stereocenters. The summed E-state index contributed by atoms with van der Waals surface area (Å²) in [6.45, 7) is 0. The summed E-state index contributed by atoms with van der Waals surface area (Å²) in [7, 11) is 0. The second-order valence-corrected chi connectivity index (χ2v) is 6.25. The van der Waals surface area contributed by atoms with Gasteiger partial charge in [-0.25, -0.2) is 0 Å². The Balaban J connectivity index is 1.42. The monoisotopic (exact) mass is 350 g/mol. The van der Waals surface area contributed by atoms with Gasteiger partial charge in [0.1, 0.15) is 0 Å². The minimum absolute atomic E-state index is 0.122. The molecule has 0 aliphatic heterocycles. The maximum absolute atomic E-state index is 12.0. The molecule has 0 spiro atoms. The van der Waals surface area contributed by atoms with Gasteiger partial charge in [-0.15, -0.1) is 10.2 Å². The zero-order valence-corrected chi connectivity index (χ0v) is 13.9. The van der Waals surface area contributed by atoms with Crippen molar-refractivity contribution in [2.75, 3.05) is 11.1 Å². The number of hydrogen-bond acceptors (Lipinski definition) is 5. The lowest BCUT2D eigenvalue weighted by Gasteiger charge is -2.02. The maximum atomic E-state index is 12.0. The average molecular weight is 350 g/mol. The Hall–Kier alpha value is -3.06. The van der Waals surface area contributed by atoms with Crippen LogP contribution >= 0.6 is 11.8 Å². The number of fused-ring (bicyclic) bond motifs is 1. The summed E-state index contributed by atoms with van der Waals surface area (Å²) in [6, 6.07) is 17.2. The van der Waals surface area contributed by atoms with E-state index in [0.717, 1.165) is 22.2 Å². The van der Waals surface area contributed by atoms with Crippen molar-refractivity contribution in [3.05, 3.63) is 60.8 Å². The van der Waals surface area contributed by atoms with Crippen molar-refractivity contribution >= 4 is 34.3 Å². The third-order valence-corrected chi connectivity index (χ3v) is 4.43. The van der Waals surface area contributed by atoms with Crippen LogP contribution in [0, 0.1) is 0 Å². The number of H-pyrrole nitrogens is 1. The Bertz CT molecular complexity index is 1010. The lowest BCUT2D eigenvalue weighted by molar-refractivity contribution is -0.113. The number of nitrogens with zero attached hydrogens (tertiary/aromatic N) is 2. The van der Waals surface area contributed by atoms with Crippen molar-refractivity contribution in [2.45, 2.75) is 5.22 Å². The van der Waals surface area contributed by atoms with Gasteiger partial charge < -0.3 is 14.7 Å². The lowest BCUT2D eigenvalue weighted by atomic mass is 10.2. The molecule has 0 radical (unpaired) electrons. The number of amides is 1. The topological polar surface area (TPSA) is 83.8 Å². The Morgan fingerprint density at radius 2 is 1.88 bits per heavy atom. The molecule has 4 rings (SSSR count). The minimum atomic E-state index is -0.122. The largest absolute Gasteiger partial charge is 0.411 e. The van der Waals surface area contributed by atoms with Gasteiger partial charge >= 0.3 is 0 Å². The number of para-hydroxylation sites is 2. The number of thioether (sulfide) groups is 1. The number of hydrogen-bond donors (Lipinski definition) is 2. The Kier molecular flexibility index (Phi) is 4.22. The number of carbonyl (C=O) groups excluding carboxylic acids is 1. The number of rotatable bonds is 5. The minimum Gasteiger partial charge on any atom is -0.411 e. The number of aromatic nitrogens is 3. The smallest absolute Gasteiger partial charge is 0.277 e. The number of nitrogens with one attached hydrogen (secondary N) is 2. The van der Waals surface area contributed by atoms with E-state index in [1.807, 2.05) is 60.8 Å². The molecule has 2 aromatic carbocycles. The molecule has 7 heteroatoms. The highest BCUT2D eigenvalue weighted by atomic mass is 32.2.